The van der Waals surface area contributed by atoms with Crippen molar-refractivity contribution < 1.29 is 14.9 Å². The van der Waals surface area contributed by atoms with Crippen molar-refractivity contribution in [2.75, 3.05) is 6.61 Å². The number of hydrogen-bond donors (Lipinski definition) is 2. The molecule has 2 rings (SSSR count). The highest BCUT2D eigenvalue weighted by Crippen LogP contribution is 2.29. The Hall–Kier alpha value is -1.91. The summed E-state index contributed by atoms with van der Waals surface area (Å²) in [6.07, 6.45) is 0.523. The number of aromatic nitrogens is 1. The maximum Gasteiger partial charge on any atom is 0.225 e. The molecule has 1 aromatic carbocycles. The van der Waals surface area contributed by atoms with Crippen molar-refractivity contribution in [2.45, 2.75) is 26.9 Å². The lowest BCUT2D eigenvalue weighted by Crippen LogP contribution is -2.02. The molecule has 0 saturated carbocycles. The molecule has 0 bridgehead atoms. The van der Waals surface area contributed by atoms with Gasteiger partial charge in [-0.15, -0.1) is 0 Å². The third kappa shape index (κ3) is 3.15. The van der Waals surface area contributed by atoms with Gasteiger partial charge in [0.05, 0.1) is 6.61 Å². The van der Waals surface area contributed by atoms with Gasteiger partial charge in [0, 0.05) is 17.9 Å². The summed E-state index contributed by atoms with van der Waals surface area (Å²) < 4.78 is 5.86. The molecule has 0 aliphatic heterocycles. The number of aliphatic hydroxyl groups excluding tert-OH is 2. The number of aryl methyl sites for hydroxylation is 2. The summed E-state index contributed by atoms with van der Waals surface area (Å²) in [5.41, 5.74) is 3.40. The summed E-state index contributed by atoms with van der Waals surface area (Å²) in [6, 6.07) is 9.44. The van der Waals surface area contributed by atoms with Gasteiger partial charge in [-0.2, -0.15) is 0 Å². The van der Waals surface area contributed by atoms with E-state index >= 15 is 0 Å². The lowest BCUT2D eigenvalue weighted by molar-refractivity contribution is 0.273. The van der Waals surface area contributed by atoms with Crippen molar-refractivity contribution in [3.8, 4) is 11.6 Å². The van der Waals surface area contributed by atoms with Crippen LogP contribution in [0.15, 0.2) is 30.3 Å². The lowest BCUT2D eigenvalue weighted by atomic mass is 10.1. The molecule has 2 N–H and O–H groups in total. The highest BCUT2D eigenvalue weighted by atomic mass is 16.5. The minimum absolute atomic E-state index is 0.0630. The summed E-state index contributed by atoms with van der Waals surface area (Å²) in [4.78, 5) is 4.36. The van der Waals surface area contributed by atoms with E-state index in [-0.39, 0.29) is 13.2 Å². The number of ether oxygens (including phenoxy) is 1. The van der Waals surface area contributed by atoms with E-state index in [1.807, 2.05) is 44.2 Å². The molecule has 0 aliphatic rings. The molecule has 0 amide bonds. The van der Waals surface area contributed by atoms with Gasteiger partial charge in [0.25, 0.3) is 0 Å². The van der Waals surface area contributed by atoms with E-state index in [2.05, 4.69) is 4.98 Å². The fourth-order valence-electron chi connectivity index (χ4n) is 2.14. The minimum Gasteiger partial charge on any atom is -0.438 e. The fraction of sp³-hybridized carbons (Fsp3) is 0.312. The maximum atomic E-state index is 9.48. The minimum atomic E-state index is -0.114. The van der Waals surface area contributed by atoms with E-state index in [0.29, 0.717) is 23.6 Å². The molecule has 0 unspecified atom stereocenters. The Morgan fingerprint density at radius 2 is 1.90 bits per heavy atom. The van der Waals surface area contributed by atoms with Gasteiger partial charge >= 0.3 is 0 Å². The van der Waals surface area contributed by atoms with Crippen LogP contribution in [0.2, 0.25) is 0 Å². The van der Waals surface area contributed by atoms with Crippen molar-refractivity contribution in [3.05, 3.63) is 52.7 Å². The van der Waals surface area contributed by atoms with Crippen molar-refractivity contribution in [1.29, 1.82) is 0 Å². The van der Waals surface area contributed by atoms with E-state index in [0.717, 1.165) is 16.8 Å². The molecule has 20 heavy (non-hydrogen) atoms. The smallest absolute Gasteiger partial charge is 0.225 e. The SMILES string of the molecule is Cc1cc(C)c(CO)c(Oc2ccccc2CCO)n1. The molecule has 0 fully saturated rings. The van der Waals surface area contributed by atoms with Crippen LogP contribution < -0.4 is 4.74 Å². The van der Waals surface area contributed by atoms with Crippen molar-refractivity contribution >= 4 is 0 Å². The molecule has 1 heterocycles. The first-order chi connectivity index (χ1) is 9.65. The van der Waals surface area contributed by atoms with E-state index in [1.165, 1.54) is 0 Å². The monoisotopic (exact) mass is 273 g/mol. The summed E-state index contributed by atoms with van der Waals surface area (Å²) in [5, 5.41) is 18.6. The Labute approximate surface area is 118 Å². The zero-order valence-corrected chi connectivity index (χ0v) is 11.8. The molecule has 106 valence electrons. The van der Waals surface area contributed by atoms with Gasteiger partial charge in [-0.3, -0.25) is 0 Å². The topological polar surface area (TPSA) is 62.6 Å². The number of pyridine rings is 1. The Morgan fingerprint density at radius 1 is 1.15 bits per heavy atom. The van der Waals surface area contributed by atoms with Crippen LogP contribution in [0.25, 0.3) is 0 Å². The molecule has 4 nitrogen and oxygen atoms in total. The zero-order chi connectivity index (χ0) is 14.5. The van der Waals surface area contributed by atoms with E-state index in [9.17, 15) is 5.11 Å². The standard InChI is InChI=1S/C16H19NO3/c1-11-9-12(2)17-16(14(11)10-19)20-15-6-4-3-5-13(15)7-8-18/h3-6,9,18-19H,7-8,10H2,1-2H3. The maximum absolute atomic E-state index is 9.48. The highest BCUT2D eigenvalue weighted by molar-refractivity contribution is 5.41. The first kappa shape index (κ1) is 14.5. The predicted octanol–water partition coefficient (Wildman–Crippen LogP) is 2.52. The molecule has 0 saturated heterocycles. The number of rotatable bonds is 5. The second kappa shape index (κ2) is 6.50. The van der Waals surface area contributed by atoms with Crippen LogP contribution in [0, 0.1) is 13.8 Å². The Balaban J connectivity index is 2.39. The van der Waals surface area contributed by atoms with Gasteiger partial charge in [0.1, 0.15) is 5.75 Å². The number of aliphatic hydroxyl groups is 2. The van der Waals surface area contributed by atoms with Gasteiger partial charge in [-0.1, -0.05) is 18.2 Å². The van der Waals surface area contributed by atoms with E-state index in [1.54, 1.807) is 0 Å². The Kier molecular flexibility index (Phi) is 4.71. The fourth-order valence-corrected chi connectivity index (χ4v) is 2.14. The van der Waals surface area contributed by atoms with Gasteiger partial charge in [-0.05, 0) is 43.5 Å². The van der Waals surface area contributed by atoms with Crippen molar-refractivity contribution in [3.63, 3.8) is 0 Å². The van der Waals surface area contributed by atoms with Crippen LogP contribution >= 0.6 is 0 Å². The van der Waals surface area contributed by atoms with Gasteiger partial charge in [0.15, 0.2) is 0 Å². The average molecular weight is 273 g/mol. The van der Waals surface area contributed by atoms with Crippen LogP contribution in [0.1, 0.15) is 22.4 Å². The van der Waals surface area contributed by atoms with Gasteiger partial charge in [-0.25, -0.2) is 4.98 Å². The summed E-state index contributed by atoms with van der Waals surface area (Å²) >= 11 is 0. The summed E-state index contributed by atoms with van der Waals surface area (Å²) in [7, 11) is 0. The van der Waals surface area contributed by atoms with Gasteiger partial charge < -0.3 is 14.9 Å². The normalized spacial score (nSPS) is 10.6. The second-order valence-corrected chi connectivity index (χ2v) is 4.71. The predicted molar refractivity (Wildman–Crippen MR) is 76.9 cm³/mol. The molecule has 0 atom stereocenters. The number of benzene rings is 1. The van der Waals surface area contributed by atoms with E-state index in [4.69, 9.17) is 9.84 Å². The third-order valence-electron chi connectivity index (χ3n) is 3.16. The molecule has 0 spiro atoms. The summed E-state index contributed by atoms with van der Waals surface area (Å²) in [6.45, 7) is 3.76. The average Bonchev–Trinajstić information content (AvgIpc) is 2.41. The molecular formula is C16H19NO3. The lowest BCUT2D eigenvalue weighted by Gasteiger charge is -2.14. The quantitative estimate of drug-likeness (QED) is 0.878. The first-order valence-electron chi connectivity index (χ1n) is 6.60. The molecule has 1 aromatic heterocycles. The third-order valence-corrected chi connectivity index (χ3v) is 3.16. The van der Waals surface area contributed by atoms with Crippen molar-refractivity contribution in [1.82, 2.24) is 4.98 Å². The Morgan fingerprint density at radius 3 is 2.60 bits per heavy atom. The number of para-hydroxylation sites is 1. The molecule has 2 aromatic rings. The van der Waals surface area contributed by atoms with Crippen LogP contribution in [-0.2, 0) is 13.0 Å². The van der Waals surface area contributed by atoms with Crippen LogP contribution in [-0.4, -0.2) is 21.8 Å². The number of nitrogens with zero attached hydrogens (tertiary/aromatic N) is 1. The molecule has 0 aliphatic carbocycles. The van der Waals surface area contributed by atoms with Crippen LogP contribution in [0.3, 0.4) is 0 Å². The largest absolute Gasteiger partial charge is 0.438 e. The van der Waals surface area contributed by atoms with Gasteiger partial charge in [0.2, 0.25) is 5.88 Å². The van der Waals surface area contributed by atoms with Crippen molar-refractivity contribution in [2.24, 2.45) is 0 Å². The van der Waals surface area contributed by atoms with Crippen LogP contribution in [0.5, 0.6) is 11.6 Å². The first-order valence-corrected chi connectivity index (χ1v) is 6.60. The summed E-state index contributed by atoms with van der Waals surface area (Å²) in [5.74, 6) is 1.09. The van der Waals surface area contributed by atoms with Crippen LogP contribution in [0.4, 0.5) is 0 Å². The molecular weight excluding hydrogens is 254 g/mol. The number of hydrogen-bond acceptors (Lipinski definition) is 4. The van der Waals surface area contributed by atoms with E-state index < -0.39 is 0 Å². The Bertz CT molecular complexity index is 596. The zero-order valence-electron chi connectivity index (χ0n) is 11.8. The second-order valence-electron chi connectivity index (χ2n) is 4.71. The molecule has 4 heteroatoms. The highest BCUT2D eigenvalue weighted by Gasteiger charge is 2.12. The molecule has 0 radical (unpaired) electrons.